The first kappa shape index (κ1) is 19.6. The van der Waals surface area contributed by atoms with Crippen LogP contribution in [0.4, 0.5) is 0 Å². The van der Waals surface area contributed by atoms with E-state index < -0.39 is 16.0 Å². The fraction of sp³-hybridized carbons (Fsp3) is 0.267. The van der Waals surface area contributed by atoms with Gasteiger partial charge in [-0.1, -0.05) is 23.2 Å². The summed E-state index contributed by atoms with van der Waals surface area (Å²) >= 11 is 11.7. The van der Waals surface area contributed by atoms with Crippen LogP contribution >= 0.6 is 23.2 Å². The van der Waals surface area contributed by atoms with Gasteiger partial charge in [0.05, 0.1) is 5.02 Å². The average Bonchev–Trinajstić information content (AvgIpc) is 3.01. The van der Waals surface area contributed by atoms with Crippen LogP contribution in [-0.2, 0) is 26.2 Å². The van der Waals surface area contributed by atoms with E-state index in [-0.39, 0.29) is 29.1 Å². The van der Waals surface area contributed by atoms with Crippen LogP contribution in [0.15, 0.2) is 39.8 Å². The zero-order valence-electron chi connectivity index (χ0n) is 13.4. The van der Waals surface area contributed by atoms with Crippen molar-refractivity contribution in [3.63, 3.8) is 0 Å². The number of furan rings is 1. The number of esters is 1. The molecule has 0 radical (unpaired) electrons. The van der Waals surface area contributed by atoms with Crippen molar-refractivity contribution >= 4 is 39.2 Å². The van der Waals surface area contributed by atoms with Gasteiger partial charge in [-0.05, 0) is 30.3 Å². The maximum atomic E-state index is 11.9. The summed E-state index contributed by atoms with van der Waals surface area (Å²) in [6.07, 6.45) is 0. The molecule has 0 N–H and O–H groups in total. The molecule has 136 valence electrons. The first-order chi connectivity index (χ1) is 11.7. The Bertz CT molecular complexity index is 863. The lowest BCUT2D eigenvalue weighted by Crippen LogP contribution is -2.21. The van der Waals surface area contributed by atoms with Crippen LogP contribution in [0.25, 0.3) is 0 Å². The van der Waals surface area contributed by atoms with Crippen LogP contribution in [0.2, 0.25) is 10.0 Å². The molecule has 0 aliphatic heterocycles. The molecular weight excluding hydrogens is 393 g/mol. The minimum absolute atomic E-state index is 0.193. The second-order valence-corrected chi connectivity index (χ2v) is 7.96. The van der Waals surface area contributed by atoms with E-state index in [2.05, 4.69) is 0 Å². The van der Waals surface area contributed by atoms with Crippen molar-refractivity contribution in [1.29, 1.82) is 0 Å². The number of halogens is 2. The Hall–Kier alpha value is -1.74. The van der Waals surface area contributed by atoms with Crippen molar-refractivity contribution in [2.75, 3.05) is 20.7 Å². The van der Waals surface area contributed by atoms with Crippen molar-refractivity contribution in [3.05, 3.63) is 46.1 Å². The third kappa shape index (κ3) is 5.12. The van der Waals surface area contributed by atoms with Crippen LogP contribution in [0, 0.1) is 0 Å². The van der Waals surface area contributed by atoms with Gasteiger partial charge in [-0.25, -0.2) is 17.5 Å². The Kier molecular flexibility index (Phi) is 6.34. The van der Waals surface area contributed by atoms with Crippen molar-refractivity contribution in [1.82, 2.24) is 4.31 Å². The van der Waals surface area contributed by atoms with Gasteiger partial charge in [0.2, 0.25) is 5.09 Å². The third-order valence-corrected chi connectivity index (χ3v) is 5.21. The van der Waals surface area contributed by atoms with Crippen molar-refractivity contribution in [2.45, 2.75) is 11.7 Å². The average molecular weight is 408 g/mol. The number of nitrogens with zero attached hydrogens (tertiary/aromatic N) is 1. The highest BCUT2D eigenvalue weighted by atomic mass is 35.5. The molecule has 25 heavy (non-hydrogen) atoms. The molecule has 0 saturated carbocycles. The van der Waals surface area contributed by atoms with E-state index in [1.807, 2.05) is 0 Å². The fourth-order valence-electron chi connectivity index (χ4n) is 1.68. The Labute approximate surface area is 155 Å². The highest BCUT2D eigenvalue weighted by molar-refractivity contribution is 7.88. The summed E-state index contributed by atoms with van der Waals surface area (Å²) in [7, 11) is -0.902. The first-order valence-electron chi connectivity index (χ1n) is 6.95. The van der Waals surface area contributed by atoms with Crippen LogP contribution in [0.1, 0.15) is 5.76 Å². The van der Waals surface area contributed by atoms with Crippen LogP contribution in [0.5, 0.6) is 5.75 Å². The summed E-state index contributed by atoms with van der Waals surface area (Å²) in [4.78, 5) is 11.7. The lowest BCUT2D eigenvalue weighted by atomic mass is 10.3. The van der Waals surface area contributed by atoms with Gasteiger partial charge in [0.15, 0.2) is 6.61 Å². The van der Waals surface area contributed by atoms with Crippen molar-refractivity contribution in [2.24, 2.45) is 0 Å². The van der Waals surface area contributed by atoms with Gasteiger partial charge in [0, 0.05) is 19.1 Å². The highest BCUT2D eigenvalue weighted by Gasteiger charge is 2.21. The molecule has 1 heterocycles. The molecular formula is C15H15Cl2NO6S. The summed E-state index contributed by atoms with van der Waals surface area (Å²) in [6.45, 7) is -0.593. The predicted octanol–water partition coefficient (Wildman–Crippen LogP) is 2.96. The third-order valence-electron chi connectivity index (χ3n) is 2.99. The second kappa shape index (κ2) is 8.09. The lowest BCUT2D eigenvalue weighted by molar-refractivity contribution is -0.147. The number of hydrogen-bond donors (Lipinski definition) is 0. The van der Waals surface area contributed by atoms with Gasteiger partial charge >= 0.3 is 5.97 Å². The Morgan fingerprint density at radius 1 is 1.20 bits per heavy atom. The summed E-state index contributed by atoms with van der Waals surface area (Å²) in [5.41, 5.74) is 0. The molecule has 0 amide bonds. The summed E-state index contributed by atoms with van der Waals surface area (Å²) in [6, 6.07) is 7.30. The Morgan fingerprint density at radius 3 is 2.56 bits per heavy atom. The van der Waals surface area contributed by atoms with E-state index in [0.717, 1.165) is 4.31 Å². The molecule has 2 aromatic rings. The largest absolute Gasteiger partial charge is 0.480 e. The quantitative estimate of drug-likeness (QED) is 0.655. The smallest absolute Gasteiger partial charge is 0.344 e. The minimum Gasteiger partial charge on any atom is -0.480 e. The molecule has 1 aromatic carbocycles. The zero-order chi connectivity index (χ0) is 18.6. The summed E-state index contributed by atoms with van der Waals surface area (Å²) in [5.74, 6) is -0.182. The fourth-order valence-corrected chi connectivity index (χ4v) is 2.95. The van der Waals surface area contributed by atoms with Crippen LogP contribution in [0.3, 0.4) is 0 Å². The molecule has 0 spiro atoms. The Morgan fingerprint density at radius 2 is 1.92 bits per heavy atom. The number of hydrogen-bond acceptors (Lipinski definition) is 6. The van der Waals surface area contributed by atoms with E-state index >= 15 is 0 Å². The monoisotopic (exact) mass is 407 g/mol. The molecule has 0 atom stereocenters. The Balaban J connectivity index is 1.87. The van der Waals surface area contributed by atoms with Gasteiger partial charge < -0.3 is 13.9 Å². The molecule has 0 bridgehead atoms. The maximum Gasteiger partial charge on any atom is 0.344 e. The number of carbonyl (C=O) groups excluding carboxylic acids is 1. The topological polar surface area (TPSA) is 86.0 Å². The molecule has 0 saturated heterocycles. The molecule has 7 nitrogen and oxygen atoms in total. The summed E-state index contributed by atoms with van der Waals surface area (Å²) < 4.78 is 40.2. The highest BCUT2D eigenvalue weighted by Crippen LogP contribution is 2.27. The van der Waals surface area contributed by atoms with Crippen LogP contribution in [-0.4, -0.2) is 39.4 Å². The molecule has 0 unspecified atom stereocenters. The van der Waals surface area contributed by atoms with Gasteiger partial charge in [0.25, 0.3) is 10.0 Å². The minimum atomic E-state index is -3.67. The molecule has 1 aromatic heterocycles. The van der Waals surface area contributed by atoms with E-state index in [1.54, 1.807) is 6.07 Å². The number of ether oxygens (including phenoxy) is 2. The predicted molar refractivity (Wildman–Crippen MR) is 91.3 cm³/mol. The number of carbonyl (C=O) groups is 1. The standard InChI is InChI=1S/C15H15Cl2NO6S/c1-18(2)25(20,21)15-6-4-11(24-15)8-23-14(19)9-22-13-5-3-10(16)7-12(13)17/h3-7H,8-9H2,1-2H3. The van der Waals surface area contributed by atoms with Gasteiger partial charge in [-0.3, -0.25) is 0 Å². The van der Waals surface area contributed by atoms with E-state index in [9.17, 15) is 13.2 Å². The van der Waals surface area contributed by atoms with Gasteiger partial charge in [-0.15, -0.1) is 0 Å². The second-order valence-electron chi connectivity index (χ2n) is 5.03. The van der Waals surface area contributed by atoms with E-state index in [1.165, 1.54) is 38.4 Å². The zero-order valence-corrected chi connectivity index (χ0v) is 15.7. The van der Waals surface area contributed by atoms with Crippen LogP contribution < -0.4 is 4.74 Å². The van der Waals surface area contributed by atoms with Gasteiger partial charge in [-0.2, -0.15) is 0 Å². The van der Waals surface area contributed by atoms with Crippen molar-refractivity contribution in [3.8, 4) is 5.75 Å². The summed E-state index contributed by atoms with van der Waals surface area (Å²) in [5, 5.41) is 0.485. The van der Waals surface area contributed by atoms with E-state index in [4.69, 9.17) is 37.1 Å². The number of sulfonamides is 1. The van der Waals surface area contributed by atoms with E-state index in [0.29, 0.717) is 10.8 Å². The number of benzene rings is 1. The lowest BCUT2D eigenvalue weighted by Gasteiger charge is -2.08. The molecule has 2 rings (SSSR count). The normalized spacial score (nSPS) is 11.6. The van der Waals surface area contributed by atoms with Gasteiger partial charge in [0.1, 0.15) is 18.1 Å². The molecule has 0 aliphatic rings. The number of rotatable bonds is 7. The molecule has 0 fully saturated rings. The molecule has 0 aliphatic carbocycles. The molecule has 10 heteroatoms. The first-order valence-corrected chi connectivity index (χ1v) is 9.14. The maximum absolute atomic E-state index is 11.9. The van der Waals surface area contributed by atoms with Crippen molar-refractivity contribution < 1.29 is 27.1 Å². The SMILES string of the molecule is CN(C)S(=O)(=O)c1ccc(COC(=O)COc2ccc(Cl)cc2Cl)o1.